The highest BCUT2D eigenvalue weighted by atomic mass is 16.5. The molecule has 0 saturated carbocycles. The zero-order valence-electron chi connectivity index (χ0n) is 63.0. The van der Waals surface area contributed by atoms with Crippen molar-refractivity contribution < 1.29 is 4.74 Å². The van der Waals surface area contributed by atoms with E-state index in [0.29, 0.717) is 0 Å². The number of anilines is 3. The molecule has 2 aliphatic rings. The van der Waals surface area contributed by atoms with Gasteiger partial charge in [0.25, 0.3) is 6.71 Å². The van der Waals surface area contributed by atoms with Gasteiger partial charge in [0.1, 0.15) is 11.5 Å². The van der Waals surface area contributed by atoms with E-state index < -0.39 is 0 Å². The molecule has 19 rings (SSSR count). The number of nitrogens with zero attached hydrogens (tertiary/aromatic N) is 5. The van der Waals surface area contributed by atoms with Gasteiger partial charge >= 0.3 is 0 Å². The first-order valence-corrected chi connectivity index (χ1v) is 37.6. The fourth-order valence-electron chi connectivity index (χ4n) is 17.6. The fraction of sp³-hybridized carbons (Fsp3) is 0.204. The number of hydrogen-bond donors (Lipinski definition) is 0. The summed E-state index contributed by atoms with van der Waals surface area (Å²) in [4.78, 5) is 2.70. The van der Waals surface area contributed by atoms with Crippen molar-refractivity contribution in [3.63, 3.8) is 0 Å². The summed E-state index contributed by atoms with van der Waals surface area (Å²) in [6.45, 7) is 34.7. The monoisotopic (exact) mass is 1360 g/mol. The Balaban J connectivity index is 1.00. The lowest BCUT2D eigenvalue weighted by Crippen LogP contribution is -2.59. The molecule has 6 nitrogen and oxygen atoms in total. The van der Waals surface area contributed by atoms with Gasteiger partial charge in [-0.2, -0.15) is 0 Å². The fourth-order valence-corrected chi connectivity index (χ4v) is 17.6. The van der Waals surface area contributed by atoms with Gasteiger partial charge in [-0.25, -0.2) is 0 Å². The van der Waals surface area contributed by atoms with Crippen molar-refractivity contribution in [1.82, 2.24) is 18.3 Å². The molecule has 0 amide bonds. The van der Waals surface area contributed by atoms with Crippen LogP contribution in [0.5, 0.6) is 11.5 Å². The van der Waals surface area contributed by atoms with E-state index in [1.165, 1.54) is 87.4 Å². The number of hydrogen-bond acceptors (Lipinski definition) is 2. The van der Waals surface area contributed by atoms with Gasteiger partial charge in [-0.15, -0.1) is 0 Å². The van der Waals surface area contributed by atoms with Crippen molar-refractivity contribution in [3.8, 4) is 45.4 Å². The van der Waals surface area contributed by atoms with Crippen LogP contribution in [0.15, 0.2) is 261 Å². The topological polar surface area (TPSA) is 32.2 Å². The van der Waals surface area contributed by atoms with Crippen LogP contribution in [0.25, 0.3) is 121 Å². The molecular weight excluding hydrogens is 1270 g/mol. The molecule has 0 spiro atoms. The van der Waals surface area contributed by atoms with Gasteiger partial charge in [-0.3, -0.25) is 0 Å². The van der Waals surface area contributed by atoms with Crippen LogP contribution in [-0.4, -0.2) is 25.0 Å². The molecule has 4 aromatic heterocycles. The molecule has 0 atom stereocenters. The van der Waals surface area contributed by atoms with Crippen LogP contribution in [-0.2, 0) is 27.1 Å². The van der Waals surface area contributed by atoms with Crippen molar-refractivity contribution in [2.45, 2.75) is 131 Å². The van der Waals surface area contributed by atoms with Crippen LogP contribution < -0.4 is 26.0 Å². The average molecular weight is 1360 g/mol. The van der Waals surface area contributed by atoms with Gasteiger partial charge < -0.3 is 27.9 Å². The van der Waals surface area contributed by atoms with Crippen LogP contribution in [0.3, 0.4) is 0 Å². The van der Waals surface area contributed by atoms with Crippen LogP contribution >= 0.6 is 0 Å². The van der Waals surface area contributed by atoms with Crippen LogP contribution in [0.4, 0.5) is 17.1 Å². The molecule has 13 aromatic carbocycles. The predicted molar refractivity (Wildman–Crippen MR) is 449 cm³/mol. The number of ether oxygens (including phenoxy) is 1. The largest absolute Gasteiger partial charge is 0.458 e. The molecule has 7 heteroatoms. The number of para-hydroxylation sites is 5. The molecular formula is C98H88BN5O. The maximum Gasteiger partial charge on any atom is 0.256 e. The zero-order valence-corrected chi connectivity index (χ0v) is 63.0. The highest BCUT2D eigenvalue weighted by Crippen LogP contribution is 2.53. The second-order valence-electron chi connectivity index (χ2n) is 35.0. The summed E-state index contributed by atoms with van der Waals surface area (Å²) in [6.07, 6.45) is 0. The summed E-state index contributed by atoms with van der Waals surface area (Å²) in [5, 5.41) is 9.75. The lowest BCUT2D eigenvalue weighted by atomic mass is 9.34. The Morgan fingerprint density at radius 2 is 0.676 bits per heavy atom. The molecule has 0 bridgehead atoms. The molecule has 6 heterocycles. The third-order valence-electron chi connectivity index (χ3n) is 23.2. The van der Waals surface area contributed by atoms with E-state index in [1.54, 1.807) is 0 Å². The lowest BCUT2D eigenvalue weighted by Gasteiger charge is -2.42. The summed E-state index contributed by atoms with van der Waals surface area (Å²) in [6, 6.07) is 100. The third-order valence-corrected chi connectivity index (χ3v) is 23.2. The Kier molecular flexibility index (Phi) is 13.9. The van der Waals surface area contributed by atoms with Crippen molar-refractivity contribution in [2.24, 2.45) is 0 Å². The first-order valence-electron chi connectivity index (χ1n) is 37.6. The van der Waals surface area contributed by atoms with E-state index in [-0.39, 0.29) is 33.8 Å². The maximum absolute atomic E-state index is 7.76. The van der Waals surface area contributed by atoms with E-state index in [1.807, 2.05) is 0 Å². The second kappa shape index (κ2) is 22.6. The van der Waals surface area contributed by atoms with Gasteiger partial charge in [-0.1, -0.05) is 243 Å². The highest BCUT2D eigenvalue weighted by Gasteiger charge is 2.45. The number of rotatable bonds is 6. The summed E-state index contributed by atoms with van der Waals surface area (Å²) in [5.74, 6) is 1.71. The standard InChI is InChI=1S/C98H88BN5O/c1-94(2,3)59-39-46-81-72(51-59)73-52-60(95(4,5)6)40-47-82(73)101(81)65-44-45-76-87(56-65)104(88-57-66(58-90-92(88)99(76)77-55-63(98(13,14)15)43-50-89(77)105-90)102-83-48-41-61(96(7,8)9)53-74(83)75-54-62(97(10,11)12)42-49-84(75)102)93-70(33-26-38-86(93)103-78-34-22-19-29-67(78)68-30-20-23-35-79(68)103)69-32-25-37-85-91(69)71-31-21-24-36-80(71)100(85)64-27-17-16-18-28-64/h16-58H,1-15H3. The Hall–Kier alpha value is -11.3. The minimum Gasteiger partial charge on any atom is -0.458 e. The van der Waals surface area contributed by atoms with Gasteiger partial charge in [0, 0.05) is 77.5 Å². The first-order chi connectivity index (χ1) is 50.3. The molecule has 0 N–H and O–H groups in total. The molecule has 0 saturated heterocycles. The quantitative estimate of drug-likeness (QED) is 0.155. The second-order valence-corrected chi connectivity index (χ2v) is 35.0. The molecule has 0 radical (unpaired) electrons. The Labute approximate surface area is 616 Å². The van der Waals surface area contributed by atoms with Crippen LogP contribution in [0.2, 0.25) is 0 Å². The SMILES string of the molecule is CC(C)(C)c1ccc2c(c1)B1c3ccc(-n4c5ccc(C(C)(C)C)cc5c5cc(C(C)(C)C)ccc54)cc3N(c3c(-c4cccc5c4c4ccccc4n5-c4ccccc4)cccc3-n3c4ccccc4c4ccccc43)c3cc(-n4c5ccc(C(C)(C)C)cc5c5cc(C(C)(C)C)ccc54)cc(c31)O2. The van der Waals surface area contributed by atoms with Gasteiger partial charge in [0.2, 0.25) is 0 Å². The smallest absolute Gasteiger partial charge is 0.256 e. The lowest BCUT2D eigenvalue weighted by molar-refractivity contribution is 0.486. The summed E-state index contributed by atoms with van der Waals surface area (Å²) < 4.78 is 17.9. The predicted octanol–water partition coefficient (Wildman–Crippen LogP) is 24.6. The summed E-state index contributed by atoms with van der Waals surface area (Å²) in [5.41, 5.74) is 28.4. The van der Waals surface area contributed by atoms with Crippen molar-refractivity contribution in [3.05, 3.63) is 289 Å². The van der Waals surface area contributed by atoms with E-state index in [9.17, 15) is 0 Å². The van der Waals surface area contributed by atoms with Crippen LogP contribution in [0.1, 0.15) is 132 Å². The van der Waals surface area contributed by atoms with E-state index >= 15 is 0 Å². The minimum absolute atomic E-state index is 0.0687. The van der Waals surface area contributed by atoms with Gasteiger partial charge in [0.05, 0.1) is 61.2 Å². The summed E-state index contributed by atoms with van der Waals surface area (Å²) >= 11 is 0. The molecule has 17 aromatic rings. The molecule has 514 valence electrons. The van der Waals surface area contributed by atoms with Gasteiger partial charge in [0.15, 0.2) is 0 Å². The number of benzene rings is 13. The minimum atomic E-state index is -0.241. The van der Waals surface area contributed by atoms with E-state index in [0.717, 1.165) is 106 Å². The van der Waals surface area contributed by atoms with Crippen molar-refractivity contribution in [1.29, 1.82) is 0 Å². The molecule has 0 unspecified atom stereocenters. The number of aromatic nitrogens is 4. The number of fused-ring (bicyclic) bond motifs is 16. The maximum atomic E-state index is 7.76. The van der Waals surface area contributed by atoms with Crippen molar-refractivity contribution in [2.75, 3.05) is 4.90 Å². The molecule has 2 aliphatic heterocycles. The zero-order chi connectivity index (χ0) is 72.3. The highest BCUT2D eigenvalue weighted by molar-refractivity contribution is 6.99. The molecule has 0 fully saturated rings. The first kappa shape index (κ1) is 64.6. The summed E-state index contributed by atoms with van der Waals surface area (Å²) in [7, 11) is 0. The van der Waals surface area contributed by atoms with Crippen LogP contribution in [0, 0.1) is 0 Å². The van der Waals surface area contributed by atoms with E-state index in [2.05, 4.69) is 388 Å². The average Bonchev–Trinajstić information content (AvgIpc) is 1.42. The Bertz CT molecular complexity index is 6330. The third kappa shape index (κ3) is 9.90. The Morgan fingerprint density at radius 1 is 0.257 bits per heavy atom. The van der Waals surface area contributed by atoms with Gasteiger partial charge in [-0.05, 0) is 192 Å². The van der Waals surface area contributed by atoms with E-state index in [4.69, 9.17) is 4.74 Å². The molecule has 0 aliphatic carbocycles. The Morgan fingerprint density at radius 3 is 1.21 bits per heavy atom. The van der Waals surface area contributed by atoms with Crippen molar-refractivity contribution >= 4 is 127 Å². The normalized spacial score (nSPS) is 13.5. The molecule has 105 heavy (non-hydrogen) atoms.